The SMILES string of the molecule is CCN(CCCO)c1ncnc(OC)c1N. The Morgan fingerprint density at radius 1 is 1.50 bits per heavy atom. The molecule has 6 heteroatoms. The largest absolute Gasteiger partial charge is 0.479 e. The van der Waals surface area contributed by atoms with Gasteiger partial charge >= 0.3 is 0 Å². The number of aromatic nitrogens is 2. The number of nitrogens with two attached hydrogens (primary N) is 1. The van der Waals surface area contributed by atoms with Gasteiger partial charge in [-0.3, -0.25) is 0 Å². The van der Waals surface area contributed by atoms with Crippen LogP contribution < -0.4 is 15.4 Å². The predicted octanol–water partition coefficient (Wildman–Crippen LogP) is 0.276. The number of nitrogen functional groups attached to an aromatic ring is 1. The third kappa shape index (κ3) is 2.73. The van der Waals surface area contributed by atoms with Gasteiger partial charge in [0.25, 0.3) is 0 Å². The maximum Gasteiger partial charge on any atom is 0.242 e. The summed E-state index contributed by atoms with van der Waals surface area (Å²) in [4.78, 5) is 10.0. The minimum Gasteiger partial charge on any atom is -0.479 e. The highest BCUT2D eigenvalue weighted by Crippen LogP contribution is 2.27. The molecular weight excluding hydrogens is 208 g/mol. The minimum atomic E-state index is 0.151. The predicted molar refractivity (Wildman–Crippen MR) is 62.6 cm³/mol. The van der Waals surface area contributed by atoms with Crippen molar-refractivity contribution in [2.24, 2.45) is 0 Å². The molecule has 0 radical (unpaired) electrons. The molecule has 1 rings (SSSR count). The molecule has 0 saturated heterocycles. The molecule has 0 amide bonds. The Morgan fingerprint density at radius 2 is 2.25 bits per heavy atom. The van der Waals surface area contributed by atoms with Crippen LogP contribution >= 0.6 is 0 Å². The summed E-state index contributed by atoms with van der Waals surface area (Å²) in [7, 11) is 1.52. The number of methoxy groups -OCH3 is 1. The average Bonchev–Trinajstić information content (AvgIpc) is 2.32. The first kappa shape index (κ1) is 12.5. The van der Waals surface area contributed by atoms with E-state index in [0.29, 0.717) is 30.4 Å². The van der Waals surface area contributed by atoms with Crippen molar-refractivity contribution >= 4 is 11.5 Å². The number of aliphatic hydroxyl groups excluding tert-OH is 1. The Balaban J connectivity index is 2.91. The van der Waals surface area contributed by atoms with Crippen LogP contribution in [0.15, 0.2) is 6.33 Å². The molecule has 1 heterocycles. The van der Waals surface area contributed by atoms with Crippen LogP contribution in [0.3, 0.4) is 0 Å². The van der Waals surface area contributed by atoms with Gasteiger partial charge in [-0.25, -0.2) is 4.98 Å². The van der Waals surface area contributed by atoms with Crippen molar-refractivity contribution in [3.63, 3.8) is 0 Å². The first-order valence-corrected chi connectivity index (χ1v) is 5.24. The smallest absolute Gasteiger partial charge is 0.242 e. The van der Waals surface area contributed by atoms with Gasteiger partial charge in [0.05, 0.1) is 7.11 Å². The van der Waals surface area contributed by atoms with Gasteiger partial charge in [-0.2, -0.15) is 4.98 Å². The Bertz CT molecular complexity index is 333. The molecule has 90 valence electrons. The van der Waals surface area contributed by atoms with Gasteiger partial charge in [0.1, 0.15) is 12.0 Å². The number of nitrogens with zero attached hydrogens (tertiary/aromatic N) is 3. The van der Waals surface area contributed by atoms with Crippen molar-refractivity contribution < 1.29 is 9.84 Å². The fraction of sp³-hybridized carbons (Fsp3) is 0.600. The van der Waals surface area contributed by atoms with Crippen LogP contribution in [0.2, 0.25) is 0 Å². The zero-order chi connectivity index (χ0) is 12.0. The number of rotatable bonds is 6. The fourth-order valence-electron chi connectivity index (χ4n) is 1.46. The Labute approximate surface area is 95.1 Å². The topological polar surface area (TPSA) is 84.5 Å². The zero-order valence-electron chi connectivity index (χ0n) is 9.68. The first-order valence-electron chi connectivity index (χ1n) is 5.24. The van der Waals surface area contributed by atoms with Crippen LogP contribution in [0.25, 0.3) is 0 Å². The zero-order valence-corrected chi connectivity index (χ0v) is 9.68. The lowest BCUT2D eigenvalue weighted by Crippen LogP contribution is -2.26. The highest BCUT2D eigenvalue weighted by Gasteiger charge is 2.13. The van der Waals surface area contributed by atoms with E-state index in [-0.39, 0.29) is 6.61 Å². The van der Waals surface area contributed by atoms with E-state index in [1.54, 1.807) is 0 Å². The van der Waals surface area contributed by atoms with Crippen LogP contribution in [0.1, 0.15) is 13.3 Å². The lowest BCUT2D eigenvalue weighted by molar-refractivity contribution is 0.289. The third-order valence-corrected chi connectivity index (χ3v) is 2.29. The molecule has 6 nitrogen and oxygen atoms in total. The number of hydrogen-bond acceptors (Lipinski definition) is 6. The second-order valence-corrected chi connectivity index (χ2v) is 3.28. The molecule has 0 aromatic carbocycles. The van der Waals surface area contributed by atoms with Crippen molar-refractivity contribution in [3.8, 4) is 5.88 Å². The van der Waals surface area contributed by atoms with E-state index < -0.39 is 0 Å². The highest BCUT2D eigenvalue weighted by molar-refractivity contribution is 5.67. The van der Waals surface area contributed by atoms with E-state index in [1.807, 2.05) is 11.8 Å². The van der Waals surface area contributed by atoms with E-state index in [1.165, 1.54) is 13.4 Å². The summed E-state index contributed by atoms with van der Waals surface area (Å²) < 4.78 is 5.03. The fourth-order valence-corrected chi connectivity index (χ4v) is 1.46. The molecule has 1 aromatic heterocycles. The van der Waals surface area contributed by atoms with E-state index in [2.05, 4.69) is 9.97 Å². The first-order chi connectivity index (χ1) is 7.74. The molecule has 0 bridgehead atoms. The van der Waals surface area contributed by atoms with Crippen molar-refractivity contribution in [1.82, 2.24) is 9.97 Å². The Morgan fingerprint density at radius 3 is 2.81 bits per heavy atom. The minimum absolute atomic E-state index is 0.151. The van der Waals surface area contributed by atoms with Crippen molar-refractivity contribution in [2.45, 2.75) is 13.3 Å². The summed E-state index contributed by atoms with van der Waals surface area (Å²) in [6, 6.07) is 0. The van der Waals surface area contributed by atoms with Gasteiger partial charge in [0, 0.05) is 19.7 Å². The molecule has 0 spiro atoms. The number of hydrogen-bond donors (Lipinski definition) is 2. The molecule has 0 atom stereocenters. The van der Waals surface area contributed by atoms with Gasteiger partial charge in [-0.15, -0.1) is 0 Å². The molecule has 0 saturated carbocycles. The summed E-state index contributed by atoms with van der Waals surface area (Å²) in [6.45, 7) is 3.63. The molecule has 0 aliphatic heterocycles. The van der Waals surface area contributed by atoms with Gasteiger partial charge in [0.2, 0.25) is 5.88 Å². The van der Waals surface area contributed by atoms with Gasteiger partial charge in [-0.05, 0) is 13.3 Å². The molecule has 0 aliphatic carbocycles. The molecule has 1 aromatic rings. The van der Waals surface area contributed by atoms with Crippen LogP contribution in [0, 0.1) is 0 Å². The van der Waals surface area contributed by atoms with E-state index in [0.717, 1.165) is 6.54 Å². The van der Waals surface area contributed by atoms with Crippen molar-refractivity contribution in [2.75, 3.05) is 37.4 Å². The van der Waals surface area contributed by atoms with Crippen LogP contribution in [0.5, 0.6) is 5.88 Å². The van der Waals surface area contributed by atoms with Crippen LogP contribution in [0.4, 0.5) is 11.5 Å². The Hall–Kier alpha value is -1.56. The molecule has 16 heavy (non-hydrogen) atoms. The highest BCUT2D eigenvalue weighted by atomic mass is 16.5. The third-order valence-electron chi connectivity index (χ3n) is 2.29. The maximum atomic E-state index is 8.81. The van der Waals surface area contributed by atoms with Crippen LogP contribution in [-0.2, 0) is 0 Å². The quantitative estimate of drug-likeness (QED) is 0.724. The summed E-state index contributed by atoms with van der Waals surface area (Å²) in [5.41, 5.74) is 6.32. The summed E-state index contributed by atoms with van der Waals surface area (Å²) >= 11 is 0. The second-order valence-electron chi connectivity index (χ2n) is 3.28. The van der Waals surface area contributed by atoms with Gasteiger partial charge in [0.15, 0.2) is 5.82 Å². The average molecular weight is 226 g/mol. The standard InChI is InChI=1S/C10H18N4O2/c1-3-14(5-4-6-15)9-8(11)10(16-2)13-7-12-9/h7,15H,3-6,11H2,1-2H3. The molecule has 0 fully saturated rings. The molecular formula is C10H18N4O2. The van der Waals surface area contributed by atoms with E-state index in [9.17, 15) is 0 Å². The molecule has 0 unspecified atom stereocenters. The summed E-state index contributed by atoms with van der Waals surface area (Å²) in [5, 5.41) is 8.81. The normalized spacial score (nSPS) is 10.2. The van der Waals surface area contributed by atoms with Crippen molar-refractivity contribution in [1.29, 1.82) is 0 Å². The number of ether oxygens (including phenoxy) is 1. The van der Waals surface area contributed by atoms with Crippen molar-refractivity contribution in [3.05, 3.63) is 6.33 Å². The van der Waals surface area contributed by atoms with E-state index in [4.69, 9.17) is 15.6 Å². The summed E-state index contributed by atoms with van der Waals surface area (Å²) in [6.07, 6.45) is 2.10. The molecule has 3 N–H and O–H groups in total. The summed E-state index contributed by atoms with van der Waals surface area (Å²) in [5.74, 6) is 1.04. The lowest BCUT2D eigenvalue weighted by atomic mass is 10.3. The lowest BCUT2D eigenvalue weighted by Gasteiger charge is -2.23. The number of anilines is 2. The second kappa shape index (κ2) is 6.12. The van der Waals surface area contributed by atoms with Gasteiger partial charge in [-0.1, -0.05) is 0 Å². The number of aliphatic hydroxyl groups is 1. The maximum absolute atomic E-state index is 8.81. The van der Waals surface area contributed by atoms with E-state index >= 15 is 0 Å². The van der Waals surface area contributed by atoms with Crippen LogP contribution in [-0.4, -0.2) is 41.9 Å². The Kier molecular flexibility index (Phi) is 4.78. The monoisotopic (exact) mass is 226 g/mol. The molecule has 0 aliphatic rings. The van der Waals surface area contributed by atoms with Gasteiger partial charge < -0.3 is 20.5 Å².